The summed E-state index contributed by atoms with van der Waals surface area (Å²) in [5.41, 5.74) is 2.22. The number of likely N-dealkylation sites (tertiary alicyclic amines) is 1. The lowest BCUT2D eigenvalue weighted by molar-refractivity contribution is 0.306. The number of fused-ring (bicyclic) bond motifs is 2. The molecule has 0 bridgehead atoms. The molecule has 2 fully saturated rings. The smallest absolute Gasteiger partial charge is 0.121 e. The van der Waals surface area contributed by atoms with E-state index >= 15 is 0 Å². The molecule has 0 aliphatic carbocycles. The highest BCUT2D eigenvalue weighted by Crippen LogP contribution is 2.25. The van der Waals surface area contributed by atoms with Crippen molar-refractivity contribution in [3.05, 3.63) is 30.1 Å². The lowest BCUT2D eigenvalue weighted by Gasteiger charge is -2.24. The number of aromatic amines is 1. The maximum atomic E-state index is 4.68. The van der Waals surface area contributed by atoms with Crippen LogP contribution in [0.1, 0.15) is 18.7 Å². The number of imidazole rings is 1. The lowest BCUT2D eigenvalue weighted by Crippen LogP contribution is -2.40. The molecule has 1 aromatic heterocycles. The molecule has 4 heteroatoms. The van der Waals surface area contributed by atoms with Gasteiger partial charge in [-0.05, 0) is 37.4 Å². The first-order valence-electron chi connectivity index (χ1n) is 7.28. The molecule has 100 valence electrons. The second-order valence-corrected chi connectivity index (χ2v) is 5.86. The molecule has 0 radical (unpaired) electrons. The van der Waals surface area contributed by atoms with Gasteiger partial charge in [0.05, 0.1) is 17.6 Å². The Hall–Kier alpha value is -1.39. The molecule has 3 heterocycles. The zero-order valence-corrected chi connectivity index (χ0v) is 11.1. The summed E-state index contributed by atoms with van der Waals surface area (Å²) in [7, 11) is 0. The van der Waals surface area contributed by atoms with Gasteiger partial charge < -0.3 is 10.3 Å². The standard InChI is InChI=1S/C15H20N4/c1-2-6-13-12(5-1)17-15(18-13)10-19-8-11-4-3-7-16-14(11)9-19/h1-2,5-6,11,14,16H,3-4,7-10H2,(H,17,18)/t11-,14+/m0/s1. The second-order valence-electron chi connectivity index (χ2n) is 5.86. The monoisotopic (exact) mass is 256 g/mol. The SMILES string of the molecule is c1ccc2[nH]c(CN3C[C@@H]4CCCN[C@@H]4C3)nc2c1. The van der Waals surface area contributed by atoms with Gasteiger partial charge in [0.1, 0.15) is 5.82 Å². The molecular formula is C15H20N4. The van der Waals surface area contributed by atoms with E-state index in [9.17, 15) is 0 Å². The van der Waals surface area contributed by atoms with Crippen LogP contribution in [0.15, 0.2) is 24.3 Å². The highest BCUT2D eigenvalue weighted by atomic mass is 15.2. The van der Waals surface area contributed by atoms with E-state index in [1.165, 1.54) is 32.5 Å². The zero-order valence-electron chi connectivity index (χ0n) is 11.1. The first-order valence-corrected chi connectivity index (χ1v) is 7.28. The number of nitrogens with one attached hydrogen (secondary N) is 2. The van der Waals surface area contributed by atoms with Crippen LogP contribution in [-0.4, -0.2) is 40.5 Å². The molecule has 0 amide bonds. The van der Waals surface area contributed by atoms with E-state index in [1.807, 2.05) is 6.07 Å². The molecule has 2 atom stereocenters. The van der Waals surface area contributed by atoms with Crippen molar-refractivity contribution in [2.45, 2.75) is 25.4 Å². The van der Waals surface area contributed by atoms with Crippen molar-refractivity contribution in [3.8, 4) is 0 Å². The van der Waals surface area contributed by atoms with Gasteiger partial charge in [0.25, 0.3) is 0 Å². The third-order valence-corrected chi connectivity index (χ3v) is 4.49. The number of benzene rings is 1. The molecule has 4 nitrogen and oxygen atoms in total. The van der Waals surface area contributed by atoms with Crippen LogP contribution in [0.4, 0.5) is 0 Å². The van der Waals surface area contributed by atoms with Crippen LogP contribution in [0.3, 0.4) is 0 Å². The van der Waals surface area contributed by atoms with Crippen LogP contribution in [0.2, 0.25) is 0 Å². The van der Waals surface area contributed by atoms with Gasteiger partial charge in [0.2, 0.25) is 0 Å². The quantitative estimate of drug-likeness (QED) is 0.860. The Labute approximate surface area is 113 Å². The van der Waals surface area contributed by atoms with E-state index in [-0.39, 0.29) is 0 Å². The van der Waals surface area contributed by atoms with Crippen LogP contribution in [-0.2, 0) is 6.54 Å². The van der Waals surface area contributed by atoms with Gasteiger partial charge in [-0.1, -0.05) is 12.1 Å². The first kappa shape index (κ1) is 11.4. The van der Waals surface area contributed by atoms with E-state index in [0.29, 0.717) is 6.04 Å². The summed E-state index contributed by atoms with van der Waals surface area (Å²) in [5, 5.41) is 3.65. The number of hydrogen-bond donors (Lipinski definition) is 2. The molecule has 1 aromatic carbocycles. The highest BCUT2D eigenvalue weighted by molar-refractivity contribution is 5.74. The number of para-hydroxylation sites is 2. The zero-order chi connectivity index (χ0) is 12.7. The van der Waals surface area contributed by atoms with E-state index in [4.69, 9.17) is 0 Å². The molecule has 19 heavy (non-hydrogen) atoms. The van der Waals surface area contributed by atoms with Gasteiger partial charge in [-0.2, -0.15) is 0 Å². The fourth-order valence-electron chi connectivity index (χ4n) is 3.56. The summed E-state index contributed by atoms with van der Waals surface area (Å²) >= 11 is 0. The summed E-state index contributed by atoms with van der Waals surface area (Å²) in [4.78, 5) is 10.6. The summed E-state index contributed by atoms with van der Waals surface area (Å²) in [6, 6.07) is 8.97. The molecule has 0 spiro atoms. The van der Waals surface area contributed by atoms with E-state index in [1.54, 1.807) is 0 Å². The molecule has 4 rings (SSSR count). The summed E-state index contributed by atoms with van der Waals surface area (Å²) < 4.78 is 0. The predicted molar refractivity (Wildman–Crippen MR) is 75.9 cm³/mol. The van der Waals surface area contributed by atoms with Crippen molar-refractivity contribution in [1.82, 2.24) is 20.2 Å². The van der Waals surface area contributed by atoms with Crippen molar-refractivity contribution in [3.63, 3.8) is 0 Å². The summed E-state index contributed by atoms with van der Waals surface area (Å²) in [5.74, 6) is 1.94. The van der Waals surface area contributed by atoms with Gasteiger partial charge in [0.15, 0.2) is 0 Å². The van der Waals surface area contributed by atoms with Crippen LogP contribution in [0.5, 0.6) is 0 Å². The fourth-order valence-corrected chi connectivity index (χ4v) is 3.56. The Kier molecular flexibility index (Phi) is 2.78. The van der Waals surface area contributed by atoms with Crippen molar-refractivity contribution in [2.24, 2.45) is 5.92 Å². The fraction of sp³-hybridized carbons (Fsp3) is 0.533. The summed E-state index contributed by atoms with van der Waals surface area (Å²) in [6.07, 6.45) is 2.72. The summed E-state index contributed by atoms with van der Waals surface area (Å²) in [6.45, 7) is 4.53. The maximum absolute atomic E-state index is 4.68. The first-order chi connectivity index (χ1) is 9.38. The third-order valence-electron chi connectivity index (χ3n) is 4.49. The van der Waals surface area contributed by atoms with Crippen molar-refractivity contribution >= 4 is 11.0 Å². The molecule has 0 saturated carbocycles. The maximum Gasteiger partial charge on any atom is 0.121 e. The second kappa shape index (κ2) is 4.62. The predicted octanol–water partition coefficient (Wildman–Crippen LogP) is 1.75. The van der Waals surface area contributed by atoms with E-state index < -0.39 is 0 Å². The molecule has 2 aliphatic heterocycles. The molecule has 2 aromatic rings. The Morgan fingerprint density at radius 2 is 2.21 bits per heavy atom. The number of nitrogens with zero attached hydrogens (tertiary/aromatic N) is 2. The lowest BCUT2D eigenvalue weighted by atomic mass is 9.94. The van der Waals surface area contributed by atoms with Crippen molar-refractivity contribution in [1.29, 1.82) is 0 Å². The van der Waals surface area contributed by atoms with E-state index in [2.05, 4.69) is 38.4 Å². The average molecular weight is 256 g/mol. The minimum atomic E-state index is 0.707. The molecular weight excluding hydrogens is 236 g/mol. The number of aromatic nitrogens is 2. The van der Waals surface area contributed by atoms with Crippen molar-refractivity contribution in [2.75, 3.05) is 19.6 Å². The number of H-pyrrole nitrogens is 1. The Morgan fingerprint density at radius 1 is 1.26 bits per heavy atom. The Morgan fingerprint density at radius 3 is 3.11 bits per heavy atom. The third kappa shape index (κ3) is 2.15. The normalized spacial score (nSPS) is 27.8. The number of rotatable bonds is 2. The molecule has 0 unspecified atom stereocenters. The van der Waals surface area contributed by atoms with Crippen LogP contribution < -0.4 is 5.32 Å². The van der Waals surface area contributed by atoms with E-state index in [0.717, 1.165) is 29.3 Å². The highest BCUT2D eigenvalue weighted by Gasteiger charge is 2.34. The van der Waals surface area contributed by atoms with Crippen LogP contribution in [0, 0.1) is 5.92 Å². The number of piperidine rings is 1. The van der Waals surface area contributed by atoms with Gasteiger partial charge in [-0.25, -0.2) is 4.98 Å². The minimum absolute atomic E-state index is 0.707. The van der Waals surface area contributed by atoms with Gasteiger partial charge in [-0.3, -0.25) is 4.90 Å². The number of hydrogen-bond acceptors (Lipinski definition) is 3. The van der Waals surface area contributed by atoms with Crippen LogP contribution >= 0.6 is 0 Å². The minimum Gasteiger partial charge on any atom is -0.341 e. The Balaban J connectivity index is 1.49. The van der Waals surface area contributed by atoms with Crippen molar-refractivity contribution < 1.29 is 0 Å². The van der Waals surface area contributed by atoms with Crippen LogP contribution in [0.25, 0.3) is 11.0 Å². The Bertz CT molecular complexity index is 529. The average Bonchev–Trinajstić information content (AvgIpc) is 3.00. The molecule has 2 aliphatic rings. The molecule has 2 saturated heterocycles. The molecule has 2 N–H and O–H groups in total. The topological polar surface area (TPSA) is 44.0 Å². The van der Waals surface area contributed by atoms with Gasteiger partial charge in [-0.15, -0.1) is 0 Å². The van der Waals surface area contributed by atoms with Gasteiger partial charge >= 0.3 is 0 Å². The van der Waals surface area contributed by atoms with Gasteiger partial charge in [0, 0.05) is 19.1 Å². The largest absolute Gasteiger partial charge is 0.341 e.